The van der Waals surface area contributed by atoms with E-state index in [1.54, 1.807) is 18.7 Å². The Bertz CT molecular complexity index is 393. The molecule has 0 radical (unpaired) electrons. The second-order valence-electron chi connectivity index (χ2n) is 4.29. The van der Waals surface area contributed by atoms with Crippen molar-refractivity contribution < 1.29 is 4.79 Å². The first-order valence-electron chi connectivity index (χ1n) is 5.11. The molecule has 1 unspecified atom stereocenters. The third-order valence-electron chi connectivity index (χ3n) is 2.38. The van der Waals surface area contributed by atoms with Crippen molar-refractivity contribution in [2.75, 3.05) is 0 Å². The number of amidine groups is 1. The Morgan fingerprint density at radius 1 is 1.47 bits per heavy atom. The average Bonchev–Trinajstić information content (AvgIpc) is 2.46. The molecule has 1 amide bonds. The van der Waals surface area contributed by atoms with Crippen LogP contribution in [0, 0.1) is 11.8 Å². The first-order valence-corrected chi connectivity index (χ1v) is 5.99. The molecule has 0 bridgehead atoms. The Kier molecular flexibility index (Phi) is 2.78. The molecule has 0 saturated carbocycles. The van der Waals surface area contributed by atoms with Gasteiger partial charge in [0.2, 0.25) is 0 Å². The van der Waals surface area contributed by atoms with Gasteiger partial charge < -0.3 is 0 Å². The highest BCUT2D eigenvalue weighted by Crippen LogP contribution is 2.37. The zero-order valence-electron chi connectivity index (χ0n) is 9.15. The smallest absolute Gasteiger partial charge is 0.261 e. The summed E-state index contributed by atoms with van der Waals surface area (Å²) >= 11 is 1.57. The van der Waals surface area contributed by atoms with Gasteiger partial charge in [0.25, 0.3) is 5.91 Å². The number of rotatable bonds is 2. The second kappa shape index (κ2) is 3.93. The van der Waals surface area contributed by atoms with Crippen LogP contribution in [0.3, 0.4) is 0 Å². The molecular weight excluding hydrogens is 208 g/mol. The van der Waals surface area contributed by atoms with Gasteiger partial charge in [-0.25, -0.2) is 4.99 Å². The van der Waals surface area contributed by atoms with Gasteiger partial charge in [0.15, 0.2) is 0 Å². The van der Waals surface area contributed by atoms with Gasteiger partial charge in [-0.1, -0.05) is 25.6 Å². The standard InChI is InChI=1S/C11H14N2OS/c1-6(2)4-8-5-15-11-9(8)10(14)12-7(3)13-11/h5-6,9H,4H2,1-3H3. The molecule has 0 aromatic carbocycles. The molecule has 2 aliphatic rings. The number of aliphatic imine (C=N–C) groups is 2. The number of carbonyl (C=O) groups is 1. The zero-order valence-corrected chi connectivity index (χ0v) is 9.97. The molecule has 3 nitrogen and oxygen atoms in total. The Hall–Kier alpha value is -0.900. The number of hydrogen-bond acceptors (Lipinski definition) is 3. The molecule has 1 atom stereocenters. The summed E-state index contributed by atoms with van der Waals surface area (Å²) in [6.07, 6.45) is 0.955. The van der Waals surface area contributed by atoms with Crippen molar-refractivity contribution in [1.29, 1.82) is 0 Å². The summed E-state index contributed by atoms with van der Waals surface area (Å²) in [6.45, 7) is 6.08. The van der Waals surface area contributed by atoms with Gasteiger partial charge in [0.05, 0.1) is 5.04 Å². The lowest BCUT2D eigenvalue weighted by Gasteiger charge is -2.16. The van der Waals surface area contributed by atoms with E-state index >= 15 is 0 Å². The Balaban J connectivity index is 2.22. The van der Waals surface area contributed by atoms with Gasteiger partial charge in [-0.15, -0.1) is 0 Å². The Morgan fingerprint density at radius 2 is 2.20 bits per heavy atom. The lowest BCUT2D eigenvalue weighted by atomic mass is 9.92. The summed E-state index contributed by atoms with van der Waals surface area (Å²) in [5, 5.41) is 2.97. The number of carbonyl (C=O) groups excluding carboxylic acids is 1. The van der Waals surface area contributed by atoms with Gasteiger partial charge >= 0.3 is 0 Å². The minimum atomic E-state index is -0.166. The molecule has 0 fully saturated rings. The SMILES string of the molecule is CC1=NC(=O)C2C(CC(C)C)=CSC2=N1. The highest BCUT2D eigenvalue weighted by atomic mass is 32.2. The lowest BCUT2D eigenvalue weighted by molar-refractivity contribution is -0.118. The van der Waals surface area contributed by atoms with Crippen LogP contribution in [0.15, 0.2) is 21.0 Å². The summed E-state index contributed by atoms with van der Waals surface area (Å²) in [7, 11) is 0. The predicted octanol–water partition coefficient (Wildman–Crippen LogP) is 2.64. The van der Waals surface area contributed by atoms with Gasteiger partial charge in [0, 0.05) is 0 Å². The van der Waals surface area contributed by atoms with Crippen LogP contribution >= 0.6 is 11.8 Å². The maximum Gasteiger partial charge on any atom is 0.261 e. The molecule has 0 aliphatic carbocycles. The van der Waals surface area contributed by atoms with E-state index in [0.717, 1.165) is 11.5 Å². The summed E-state index contributed by atoms with van der Waals surface area (Å²) in [4.78, 5) is 20.0. The van der Waals surface area contributed by atoms with Crippen LogP contribution in [0.25, 0.3) is 0 Å². The molecule has 2 heterocycles. The largest absolute Gasteiger partial charge is 0.271 e. The monoisotopic (exact) mass is 222 g/mol. The van der Waals surface area contributed by atoms with Crippen LogP contribution in [0.2, 0.25) is 0 Å². The molecule has 2 rings (SSSR count). The maximum atomic E-state index is 11.8. The molecule has 0 aromatic heterocycles. The first-order chi connectivity index (χ1) is 7.08. The first kappa shape index (κ1) is 10.6. The van der Waals surface area contributed by atoms with Crippen molar-refractivity contribution in [3.05, 3.63) is 11.0 Å². The van der Waals surface area contributed by atoms with Gasteiger partial charge in [-0.2, -0.15) is 4.99 Å². The predicted molar refractivity (Wildman–Crippen MR) is 64.2 cm³/mol. The van der Waals surface area contributed by atoms with E-state index in [0.29, 0.717) is 11.8 Å². The average molecular weight is 222 g/mol. The van der Waals surface area contributed by atoms with Gasteiger partial charge in [-0.05, 0) is 30.2 Å². The molecule has 0 N–H and O–H groups in total. The highest BCUT2D eigenvalue weighted by Gasteiger charge is 2.35. The normalized spacial score (nSPS) is 24.9. The number of amides is 1. The highest BCUT2D eigenvalue weighted by molar-refractivity contribution is 8.17. The van der Waals surface area contributed by atoms with Gasteiger partial charge in [0.1, 0.15) is 11.8 Å². The van der Waals surface area contributed by atoms with Gasteiger partial charge in [-0.3, -0.25) is 4.79 Å². The van der Waals surface area contributed by atoms with E-state index < -0.39 is 0 Å². The van der Waals surface area contributed by atoms with Crippen LogP contribution in [-0.2, 0) is 4.79 Å². The van der Waals surface area contributed by atoms with Crippen molar-refractivity contribution in [2.24, 2.45) is 21.8 Å². The minimum Gasteiger partial charge on any atom is -0.271 e. The third-order valence-corrected chi connectivity index (χ3v) is 3.37. The number of hydrogen-bond donors (Lipinski definition) is 0. The van der Waals surface area contributed by atoms with Crippen molar-refractivity contribution in [2.45, 2.75) is 27.2 Å². The summed E-state index contributed by atoms with van der Waals surface area (Å²) in [5.74, 6) is 0.935. The molecule has 0 aromatic rings. The van der Waals surface area contributed by atoms with E-state index in [2.05, 4.69) is 29.2 Å². The Morgan fingerprint density at radius 3 is 2.87 bits per heavy atom. The fraction of sp³-hybridized carbons (Fsp3) is 0.545. The van der Waals surface area contributed by atoms with E-state index in [9.17, 15) is 4.79 Å². The van der Waals surface area contributed by atoms with Crippen LogP contribution in [0.5, 0.6) is 0 Å². The molecule has 80 valence electrons. The van der Waals surface area contributed by atoms with Crippen LogP contribution in [0.4, 0.5) is 0 Å². The summed E-state index contributed by atoms with van der Waals surface area (Å²) < 4.78 is 0. The van der Waals surface area contributed by atoms with Crippen LogP contribution in [-0.4, -0.2) is 16.8 Å². The molecular formula is C11H14N2OS. The molecule has 2 aliphatic heterocycles. The number of nitrogens with zero attached hydrogens (tertiary/aromatic N) is 2. The second-order valence-corrected chi connectivity index (χ2v) is 5.18. The molecule has 15 heavy (non-hydrogen) atoms. The van der Waals surface area contributed by atoms with Crippen molar-refractivity contribution in [1.82, 2.24) is 0 Å². The fourth-order valence-corrected chi connectivity index (χ4v) is 2.91. The zero-order chi connectivity index (χ0) is 11.0. The topological polar surface area (TPSA) is 41.8 Å². The van der Waals surface area contributed by atoms with E-state index in [4.69, 9.17) is 0 Å². The molecule has 0 saturated heterocycles. The maximum absolute atomic E-state index is 11.8. The lowest BCUT2D eigenvalue weighted by Crippen LogP contribution is -2.25. The van der Waals surface area contributed by atoms with Crippen molar-refractivity contribution in [3.8, 4) is 0 Å². The van der Waals surface area contributed by atoms with Crippen LogP contribution in [0.1, 0.15) is 27.2 Å². The van der Waals surface area contributed by atoms with E-state index in [1.807, 2.05) is 0 Å². The fourth-order valence-electron chi connectivity index (χ4n) is 1.83. The quantitative estimate of drug-likeness (QED) is 0.720. The Labute approximate surface area is 93.8 Å². The number of fused-ring (bicyclic) bond motifs is 1. The van der Waals surface area contributed by atoms with Crippen molar-refractivity contribution in [3.63, 3.8) is 0 Å². The summed E-state index contributed by atoms with van der Waals surface area (Å²) in [6, 6.07) is 0. The minimum absolute atomic E-state index is 0.0469. The molecule has 4 heteroatoms. The van der Waals surface area contributed by atoms with E-state index in [1.165, 1.54) is 5.57 Å². The third kappa shape index (κ3) is 2.04. The molecule has 0 spiro atoms. The van der Waals surface area contributed by atoms with Crippen LogP contribution < -0.4 is 0 Å². The van der Waals surface area contributed by atoms with E-state index in [-0.39, 0.29) is 11.8 Å². The number of thioether (sulfide) groups is 1. The summed E-state index contributed by atoms with van der Waals surface area (Å²) in [5.41, 5.74) is 1.18. The van der Waals surface area contributed by atoms with Crippen molar-refractivity contribution >= 4 is 28.5 Å².